The Morgan fingerprint density at radius 2 is 1.32 bits per heavy atom. The van der Waals surface area contributed by atoms with E-state index < -0.39 is 49.5 Å². The highest BCUT2D eigenvalue weighted by atomic mass is 19.4. The SMILES string of the molecule is C=C(CC(=O)OCC(F)(F)F)C(=O)OCC(F)(F)F. The quantitative estimate of drug-likeness (QED) is 0.443. The van der Waals surface area contributed by atoms with Crippen LogP contribution in [0.25, 0.3) is 0 Å². The maximum atomic E-state index is 11.7. The van der Waals surface area contributed by atoms with Crippen LogP contribution >= 0.6 is 0 Å². The number of hydrogen-bond donors (Lipinski definition) is 0. The summed E-state index contributed by atoms with van der Waals surface area (Å²) in [6.45, 7) is -0.835. The molecule has 10 heteroatoms. The first-order chi connectivity index (χ1) is 8.41. The van der Waals surface area contributed by atoms with Crippen LogP contribution < -0.4 is 0 Å². The van der Waals surface area contributed by atoms with Gasteiger partial charge in [-0.2, -0.15) is 26.3 Å². The fraction of sp³-hybridized carbons (Fsp3) is 0.556. The molecule has 0 atom stereocenters. The third-order valence-electron chi connectivity index (χ3n) is 1.41. The number of carbonyl (C=O) groups excluding carboxylic acids is 2. The predicted molar refractivity (Wildman–Crippen MR) is 47.8 cm³/mol. The van der Waals surface area contributed by atoms with E-state index in [-0.39, 0.29) is 0 Å². The lowest BCUT2D eigenvalue weighted by atomic mass is 10.2. The van der Waals surface area contributed by atoms with E-state index in [4.69, 9.17) is 0 Å². The van der Waals surface area contributed by atoms with Crippen molar-refractivity contribution >= 4 is 11.9 Å². The van der Waals surface area contributed by atoms with Gasteiger partial charge in [-0.1, -0.05) is 6.58 Å². The second kappa shape index (κ2) is 6.43. The van der Waals surface area contributed by atoms with E-state index in [0.717, 1.165) is 0 Å². The minimum absolute atomic E-state index is 0.739. The summed E-state index contributed by atoms with van der Waals surface area (Å²) in [7, 11) is 0. The second-order valence-corrected chi connectivity index (χ2v) is 3.25. The average molecular weight is 294 g/mol. The minimum atomic E-state index is -4.76. The third kappa shape index (κ3) is 9.92. The van der Waals surface area contributed by atoms with Crippen molar-refractivity contribution < 1.29 is 45.4 Å². The number of hydrogen-bond acceptors (Lipinski definition) is 4. The minimum Gasteiger partial charge on any atom is -0.456 e. The highest BCUT2D eigenvalue weighted by molar-refractivity contribution is 5.93. The van der Waals surface area contributed by atoms with Crippen molar-refractivity contribution in [2.24, 2.45) is 0 Å². The number of esters is 2. The number of ether oxygens (including phenoxy) is 2. The Bertz CT molecular complexity index is 357. The first-order valence-corrected chi connectivity index (χ1v) is 4.55. The fourth-order valence-corrected chi connectivity index (χ4v) is 0.709. The van der Waals surface area contributed by atoms with Crippen molar-refractivity contribution in [2.75, 3.05) is 13.2 Å². The average Bonchev–Trinajstić information content (AvgIpc) is 2.21. The molecule has 0 aliphatic carbocycles. The molecule has 0 aromatic heterocycles. The van der Waals surface area contributed by atoms with Crippen LogP contribution in [0.15, 0.2) is 12.2 Å². The molecule has 0 saturated heterocycles. The molecule has 0 spiro atoms. The van der Waals surface area contributed by atoms with Crippen LogP contribution in [0, 0.1) is 0 Å². The first kappa shape index (κ1) is 17.3. The molecular weight excluding hydrogens is 286 g/mol. The van der Waals surface area contributed by atoms with E-state index in [1.165, 1.54) is 0 Å². The molecule has 0 saturated carbocycles. The van der Waals surface area contributed by atoms with Crippen molar-refractivity contribution in [1.29, 1.82) is 0 Å². The molecule has 0 aliphatic heterocycles. The van der Waals surface area contributed by atoms with Crippen LogP contribution in [0.1, 0.15) is 6.42 Å². The number of alkyl halides is 6. The maximum absolute atomic E-state index is 11.7. The molecule has 0 heterocycles. The summed E-state index contributed by atoms with van der Waals surface area (Å²) in [5.41, 5.74) is -0.739. The first-order valence-electron chi connectivity index (χ1n) is 4.55. The van der Waals surface area contributed by atoms with E-state index in [1.807, 2.05) is 0 Å². The normalized spacial score (nSPS) is 11.9. The van der Waals surface area contributed by atoms with Crippen LogP contribution in [0.3, 0.4) is 0 Å². The van der Waals surface area contributed by atoms with E-state index in [1.54, 1.807) is 0 Å². The van der Waals surface area contributed by atoms with Crippen LogP contribution in [0.2, 0.25) is 0 Å². The zero-order valence-corrected chi connectivity index (χ0v) is 9.23. The molecule has 0 rings (SSSR count). The largest absolute Gasteiger partial charge is 0.456 e. The smallest absolute Gasteiger partial charge is 0.422 e. The maximum Gasteiger partial charge on any atom is 0.422 e. The standard InChI is InChI=1S/C9H8F6O4/c1-5(7(17)19-4-9(13,14)15)2-6(16)18-3-8(10,11)12/h1-4H2. The fourth-order valence-electron chi connectivity index (χ4n) is 0.709. The molecule has 0 aromatic rings. The highest BCUT2D eigenvalue weighted by Gasteiger charge is 2.31. The summed E-state index contributed by atoms with van der Waals surface area (Å²) in [5, 5.41) is 0. The number of halogens is 6. The van der Waals surface area contributed by atoms with E-state index in [0.29, 0.717) is 0 Å². The van der Waals surface area contributed by atoms with E-state index >= 15 is 0 Å². The Hall–Kier alpha value is -1.74. The molecule has 0 radical (unpaired) electrons. The van der Waals surface area contributed by atoms with Crippen LogP contribution in [0.5, 0.6) is 0 Å². The van der Waals surface area contributed by atoms with E-state index in [2.05, 4.69) is 16.1 Å². The molecule has 0 amide bonds. The Morgan fingerprint density at radius 3 is 1.74 bits per heavy atom. The number of rotatable bonds is 5. The summed E-state index contributed by atoms with van der Waals surface area (Å²) in [4.78, 5) is 21.7. The van der Waals surface area contributed by atoms with Crippen LogP contribution in [0.4, 0.5) is 26.3 Å². The van der Waals surface area contributed by atoms with Gasteiger partial charge in [0.2, 0.25) is 0 Å². The lowest BCUT2D eigenvalue weighted by molar-refractivity contribution is -0.187. The lowest BCUT2D eigenvalue weighted by Crippen LogP contribution is -2.23. The highest BCUT2D eigenvalue weighted by Crippen LogP contribution is 2.17. The lowest BCUT2D eigenvalue weighted by Gasteiger charge is -2.10. The van der Waals surface area contributed by atoms with Crippen molar-refractivity contribution in [3.63, 3.8) is 0 Å². The van der Waals surface area contributed by atoms with Gasteiger partial charge in [0.05, 0.1) is 6.42 Å². The summed E-state index contributed by atoms with van der Waals surface area (Å²) >= 11 is 0. The molecule has 19 heavy (non-hydrogen) atoms. The van der Waals surface area contributed by atoms with Gasteiger partial charge in [-0.15, -0.1) is 0 Å². The Balaban J connectivity index is 4.09. The van der Waals surface area contributed by atoms with Crippen LogP contribution in [-0.4, -0.2) is 37.5 Å². The Morgan fingerprint density at radius 1 is 0.895 bits per heavy atom. The summed E-state index contributed by atoms with van der Waals surface area (Å²) in [6, 6.07) is 0. The van der Waals surface area contributed by atoms with Crippen molar-refractivity contribution in [3.8, 4) is 0 Å². The predicted octanol–water partition coefficient (Wildman–Crippen LogP) is 2.14. The van der Waals surface area contributed by atoms with Gasteiger partial charge in [0.15, 0.2) is 13.2 Å². The Labute approximate surface area is 103 Å². The van der Waals surface area contributed by atoms with Crippen molar-refractivity contribution in [3.05, 3.63) is 12.2 Å². The van der Waals surface area contributed by atoms with Crippen molar-refractivity contribution in [2.45, 2.75) is 18.8 Å². The van der Waals surface area contributed by atoms with E-state index in [9.17, 15) is 35.9 Å². The second-order valence-electron chi connectivity index (χ2n) is 3.25. The molecule has 0 fully saturated rings. The van der Waals surface area contributed by atoms with Gasteiger partial charge in [0.25, 0.3) is 0 Å². The molecule has 0 N–H and O–H groups in total. The molecule has 0 aliphatic rings. The van der Waals surface area contributed by atoms with Crippen molar-refractivity contribution in [1.82, 2.24) is 0 Å². The van der Waals surface area contributed by atoms with Crippen LogP contribution in [-0.2, 0) is 19.1 Å². The summed E-state index contributed by atoms with van der Waals surface area (Å²) in [6.07, 6.45) is -10.5. The molecule has 0 bridgehead atoms. The topological polar surface area (TPSA) is 52.6 Å². The molecule has 110 valence electrons. The molecule has 4 nitrogen and oxygen atoms in total. The van der Waals surface area contributed by atoms with Gasteiger partial charge in [-0.3, -0.25) is 4.79 Å². The third-order valence-corrected chi connectivity index (χ3v) is 1.41. The van der Waals surface area contributed by atoms with Gasteiger partial charge in [0, 0.05) is 5.57 Å². The number of carbonyl (C=O) groups is 2. The van der Waals surface area contributed by atoms with Gasteiger partial charge >= 0.3 is 24.3 Å². The summed E-state index contributed by atoms with van der Waals surface area (Å²) < 4.78 is 77.4. The van der Waals surface area contributed by atoms with Gasteiger partial charge < -0.3 is 9.47 Å². The Kier molecular flexibility index (Phi) is 5.84. The molecule has 0 unspecified atom stereocenters. The van der Waals surface area contributed by atoms with Gasteiger partial charge in [0.1, 0.15) is 0 Å². The van der Waals surface area contributed by atoms with Gasteiger partial charge in [-0.25, -0.2) is 4.79 Å². The monoisotopic (exact) mass is 294 g/mol. The molecule has 0 aromatic carbocycles. The zero-order chi connectivity index (χ0) is 15.3. The summed E-state index contributed by atoms with van der Waals surface area (Å²) in [5.74, 6) is -2.99. The molecular formula is C9H8F6O4. The van der Waals surface area contributed by atoms with Gasteiger partial charge in [-0.05, 0) is 0 Å². The zero-order valence-electron chi connectivity index (χ0n) is 9.23.